The van der Waals surface area contributed by atoms with Crippen LogP contribution in [0.5, 0.6) is 0 Å². The lowest BCUT2D eigenvalue weighted by Gasteiger charge is -2.44. The lowest BCUT2D eigenvalue weighted by atomic mass is 9.78. The summed E-state index contributed by atoms with van der Waals surface area (Å²) in [6.07, 6.45) is 0.220. The van der Waals surface area contributed by atoms with Gasteiger partial charge in [0, 0.05) is 13.1 Å². The lowest BCUT2D eigenvalue weighted by molar-refractivity contribution is -0.150. The van der Waals surface area contributed by atoms with Gasteiger partial charge in [0.1, 0.15) is 0 Å². The van der Waals surface area contributed by atoms with Crippen LogP contribution in [-0.4, -0.2) is 52.2 Å². The van der Waals surface area contributed by atoms with E-state index in [9.17, 15) is 19.8 Å². The van der Waals surface area contributed by atoms with Crippen LogP contribution >= 0.6 is 0 Å². The lowest BCUT2D eigenvalue weighted by Crippen LogP contribution is -2.66. The predicted molar refractivity (Wildman–Crippen MR) is 92.4 cm³/mol. The first kappa shape index (κ1) is 17.9. The van der Waals surface area contributed by atoms with Crippen molar-refractivity contribution in [1.29, 1.82) is 0 Å². The Bertz CT molecular complexity index is 638. The molecule has 2 heterocycles. The van der Waals surface area contributed by atoms with Crippen molar-refractivity contribution in [2.24, 2.45) is 11.8 Å². The first-order chi connectivity index (χ1) is 11.8. The zero-order chi connectivity index (χ0) is 18.2. The van der Waals surface area contributed by atoms with Crippen molar-refractivity contribution in [3.63, 3.8) is 0 Å². The maximum atomic E-state index is 12.8. The number of piperidine rings is 1. The summed E-state index contributed by atoms with van der Waals surface area (Å²) < 4.78 is 0. The van der Waals surface area contributed by atoms with Crippen molar-refractivity contribution in [2.75, 3.05) is 13.1 Å². The number of aliphatic hydroxyl groups is 2. The summed E-state index contributed by atoms with van der Waals surface area (Å²) in [5.74, 6) is -1.15. The molecule has 3 N–H and O–H groups in total. The molecule has 1 aromatic rings. The Morgan fingerprint density at radius 1 is 1.24 bits per heavy atom. The van der Waals surface area contributed by atoms with E-state index in [2.05, 4.69) is 5.32 Å². The van der Waals surface area contributed by atoms with E-state index in [1.807, 2.05) is 30.3 Å². The number of β-lactam (4-membered cyclic amide) rings is 1. The van der Waals surface area contributed by atoms with Gasteiger partial charge in [0.05, 0.1) is 29.6 Å². The molecule has 2 aliphatic heterocycles. The number of benzene rings is 1. The number of nitrogens with one attached hydrogen (secondary N) is 1. The second-order valence-electron chi connectivity index (χ2n) is 7.31. The molecule has 0 bridgehead atoms. The molecule has 2 aliphatic rings. The Hall–Kier alpha value is -1.92. The number of hydrogen-bond acceptors (Lipinski definition) is 4. The minimum atomic E-state index is -0.895. The summed E-state index contributed by atoms with van der Waals surface area (Å²) in [7, 11) is 0. The van der Waals surface area contributed by atoms with Crippen LogP contribution in [0.3, 0.4) is 0 Å². The number of rotatable bonds is 4. The fourth-order valence-electron chi connectivity index (χ4n) is 3.95. The minimum absolute atomic E-state index is 0.0363. The zero-order valence-corrected chi connectivity index (χ0v) is 14.7. The Morgan fingerprint density at radius 2 is 1.84 bits per heavy atom. The van der Waals surface area contributed by atoms with Gasteiger partial charge in [0.25, 0.3) is 0 Å². The van der Waals surface area contributed by atoms with Gasteiger partial charge in [-0.2, -0.15) is 0 Å². The van der Waals surface area contributed by atoms with Crippen LogP contribution in [0.4, 0.5) is 0 Å². The van der Waals surface area contributed by atoms with Crippen LogP contribution in [0.25, 0.3) is 0 Å². The molecule has 0 aliphatic carbocycles. The second kappa shape index (κ2) is 6.77. The summed E-state index contributed by atoms with van der Waals surface area (Å²) in [6.45, 7) is 4.33. The third kappa shape index (κ3) is 3.28. The summed E-state index contributed by atoms with van der Waals surface area (Å²) in [5.41, 5.74) is -0.00994. The molecule has 6 nitrogen and oxygen atoms in total. The smallest absolute Gasteiger partial charge is 0.228 e. The van der Waals surface area contributed by atoms with E-state index in [4.69, 9.17) is 0 Å². The van der Waals surface area contributed by atoms with Crippen LogP contribution in [0.1, 0.15) is 32.3 Å². The number of carbonyl (C=O) groups is 2. The summed E-state index contributed by atoms with van der Waals surface area (Å²) in [6, 6.07) is 9.23. The Kier molecular flexibility index (Phi) is 4.84. The van der Waals surface area contributed by atoms with E-state index in [1.54, 1.807) is 18.7 Å². The quantitative estimate of drug-likeness (QED) is 0.698. The topological polar surface area (TPSA) is 89.9 Å². The van der Waals surface area contributed by atoms with Gasteiger partial charge in [-0.25, -0.2) is 0 Å². The summed E-state index contributed by atoms with van der Waals surface area (Å²) >= 11 is 0. The molecule has 0 saturated carbocycles. The molecule has 1 aromatic carbocycles. The van der Waals surface area contributed by atoms with E-state index < -0.39 is 17.6 Å². The van der Waals surface area contributed by atoms with Gasteiger partial charge < -0.3 is 20.4 Å². The number of carbonyl (C=O) groups excluding carboxylic acids is 2. The van der Waals surface area contributed by atoms with Crippen molar-refractivity contribution in [1.82, 2.24) is 10.2 Å². The SMILES string of the molecule is CC(C(=O)N1CCC(O)(c2ccccc2)CC1)[C@H]1NC(=O)[C@@H]1[C@@H](C)O. The van der Waals surface area contributed by atoms with Crippen LogP contribution in [0.2, 0.25) is 0 Å². The van der Waals surface area contributed by atoms with Gasteiger partial charge in [-0.1, -0.05) is 37.3 Å². The highest BCUT2D eigenvalue weighted by Crippen LogP contribution is 2.34. The summed E-state index contributed by atoms with van der Waals surface area (Å²) in [5, 5.41) is 23.3. The molecule has 0 spiro atoms. The highest BCUT2D eigenvalue weighted by atomic mass is 16.3. The minimum Gasteiger partial charge on any atom is -0.393 e. The maximum Gasteiger partial charge on any atom is 0.228 e. The average molecular weight is 346 g/mol. The molecular formula is C19H26N2O4. The van der Waals surface area contributed by atoms with E-state index >= 15 is 0 Å². The average Bonchev–Trinajstić information content (AvgIpc) is 2.59. The molecule has 4 atom stereocenters. The van der Waals surface area contributed by atoms with Gasteiger partial charge in [0.15, 0.2) is 0 Å². The first-order valence-corrected chi connectivity index (χ1v) is 8.88. The number of hydrogen-bond donors (Lipinski definition) is 3. The fourth-order valence-corrected chi connectivity index (χ4v) is 3.95. The molecule has 0 aromatic heterocycles. The van der Waals surface area contributed by atoms with Gasteiger partial charge in [-0.15, -0.1) is 0 Å². The van der Waals surface area contributed by atoms with Crippen LogP contribution in [-0.2, 0) is 15.2 Å². The number of aliphatic hydroxyl groups excluding tert-OH is 1. The molecule has 2 amide bonds. The maximum absolute atomic E-state index is 12.8. The monoisotopic (exact) mass is 346 g/mol. The van der Waals surface area contributed by atoms with Crippen molar-refractivity contribution in [3.05, 3.63) is 35.9 Å². The molecule has 0 radical (unpaired) electrons. The standard InChI is InChI=1S/C19H26N2O4/c1-12(16-15(13(2)22)17(23)20-16)18(24)21-10-8-19(25,9-11-21)14-6-4-3-5-7-14/h3-7,12-13,15-16,22,25H,8-11H2,1-2H3,(H,20,23)/t12?,13-,15-,16-/m1/s1. The third-order valence-corrected chi connectivity index (χ3v) is 5.66. The second-order valence-corrected chi connectivity index (χ2v) is 7.31. The molecule has 136 valence electrons. The van der Waals surface area contributed by atoms with E-state index in [0.717, 1.165) is 5.56 Å². The van der Waals surface area contributed by atoms with Crippen molar-refractivity contribution >= 4 is 11.8 Å². The van der Waals surface area contributed by atoms with E-state index in [1.165, 1.54) is 0 Å². The molecule has 3 rings (SSSR count). The third-order valence-electron chi connectivity index (χ3n) is 5.66. The van der Waals surface area contributed by atoms with Gasteiger partial charge >= 0.3 is 0 Å². The van der Waals surface area contributed by atoms with Gasteiger partial charge in [-0.05, 0) is 25.3 Å². The Morgan fingerprint density at radius 3 is 2.36 bits per heavy atom. The highest BCUT2D eigenvalue weighted by Gasteiger charge is 2.48. The highest BCUT2D eigenvalue weighted by molar-refractivity contribution is 5.90. The Labute approximate surface area is 147 Å². The van der Waals surface area contributed by atoms with Crippen LogP contribution in [0.15, 0.2) is 30.3 Å². The van der Waals surface area contributed by atoms with E-state index in [0.29, 0.717) is 25.9 Å². The summed E-state index contributed by atoms with van der Waals surface area (Å²) in [4.78, 5) is 26.1. The molecule has 1 unspecified atom stereocenters. The largest absolute Gasteiger partial charge is 0.393 e. The van der Waals surface area contributed by atoms with Crippen LogP contribution < -0.4 is 5.32 Å². The van der Waals surface area contributed by atoms with Crippen molar-refractivity contribution in [2.45, 2.75) is 44.4 Å². The van der Waals surface area contributed by atoms with Crippen LogP contribution in [0, 0.1) is 11.8 Å². The zero-order valence-electron chi connectivity index (χ0n) is 14.7. The molecular weight excluding hydrogens is 320 g/mol. The molecule has 25 heavy (non-hydrogen) atoms. The van der Waals surface area contributed by atoms with Crippen molar-refractivity contribution < 1.29 is 19.8 Å². The van der Waals surface area contributed by atoms with E-state index in [-0.39, 0.29) is 23.8 Å². The number of amides is 2. The predicted octanol–water partition coefficient (Wildman–Crippen LogP) is 0.628. The van der Waals surface area contributed by atoms with Gasteiger partial charge in [-0.3, -0.25) is 9.59 Å². The fraction of sp³-hybridized carbons (Fsp3) is 0.579. The normalized spacial score (nSPS) is 27.8. The molecule has 6 heteroatoms. The Balaban J connectivity index is 1.61. The molecule has 2 fully saturated rings. The number of nitrogens with zero attached hydrogens (tertiary/aromatic N) is 1. The first-order valence-electron chi connectivity index (χ1n) is 8.88. The number of likely N-dealkylation sites (tertiary alicyclic amines) is 1. The van der Waals surface area contributed by atoms with Crippen molar-refractivity contribution in [3.8, 4) is 0 Å². The van der Waals surface area contributed by atoms with Gasteiger partial charge in [0.2, 0.25) is 11.8 Å². The molecule has 2 saturated heterocycles.